The Labute approximate surface area is 262 Å². The van der Waals surface area contributed by atoms with E-state index in [9.17, 15) is 9.59 Å². The van der Waals surface area contributed by atoms with E-state index in [4.69, 9.17) is 0 Å². The molecule has 2 amide bonds. The fourth-order valence-electron chi connectivity index (χ4n) is 7.15. The van der Waals surface area contributed by atoms with Gasteiger partial charge in [0.05, 0.1) is 6.04 Å². The molecule has 1 saturated heterocycles. The van der Waals surface area contributed by atoms with Crippen molar-refractivity contribution in [3.63, 3.8) is 0 Å². The van der Waals surface area contributed by atoms with Crippen molar-refractivity contribution in [2.75, 3.05) is 19.6 Å². The predicted octanol–water partition coefficient (Wildman–Crippen LogP) is 7.32. The normalized spacial score (nSPS) is 19.7. The third-order valence-corrected chi connectivity index (χ3v) is 9.71. The number of nitrogens with one attached hydrogen (secondary N) is 2. The summed E-state index contributed by atoms with van der Waals surface area (Å²) < 4.78 is 0. The van der Waals surface area contributed by atoms with Crippen LogP contribution < -0.4 is 10.6 Å². The van der Waals surface area contributed by atoms with Crippen molar-refractivity contribution in [1.29, 1.82) is 0 Å². The summed E-state index contributed by atoms with van der Waals surface area (Å²) in [5.41, 5.74) is 3.11. The first-order chi connectivity index (χ1) is 21.6. The Morgan fingerprint density at radius 3 is 2.14 bits per heavy atom. The highest BCUT2D eigenvalue weighted by Crippen LogP contribution is 2.30. The summed E-state index contributed by atoms with van der Waals surface area (Å²) in [4.78, 5) is 29.5. The van der Waals surface area contributed by atoms with Gasteiger partial charge >= 0.3 is 0 Å². The lowest BCUT2D eigenvalue weighted by atomic mass is 9.85. The van der Waals surface area contributed by atoms with Gasteiger partial charge in [0.1, 0.15) is 0 Å². The van der Waals surface area contributed by atoms with Crippen LogP contribution in [0.15, 0.2) is 103 Å². The molecule has 228 valence electrons. The van der Waals surface area contributed by atoms with E-state index in [1.807, 2.05) is 48.5 Å². The van der Waals surface area contributed by atoms with Gasteiger partial charge in [-0.05, 0) is 59.2 Å². The molecule has 1 saturated carbocycles. The molecule has 4 aromatic carbocycles. The molecule has 0 unspecified atom stereocenters. The van der Waals surface area contributed by atoms with Gasteiger partial charge in [-0.1, -0.05) is 123 Å². The van der Waals surface area contributed by atoms with Gasteiger partial charge in [0.25, 0.3) is 5.91 Å². The maximum Gasteiger partial charge on any atom is 0.251 e. The Morgan fingerprint density at radius 2 is 1.43 bits per heavy atom. The standard InChI is InChI=1S/C39H45N3O2/c43-38(34-22-21-30-14-10-11-19-33(30)26-34)40-27-35-24-25-42(39(44)37(41-35)23-20-29-12-4-1-5-13-29)28-36(31-15-6-2-7-16-31)32-17-8-3-9-18-32/h2-3,6-11,14-19,21-22,26,29,35-37,41H,1,4-5,12-13,20,23-25,27-28H2,(H,40,43)/t35-,37-/m1/s1. The Morgan fingerprint density at radius 1 is 0.773 bits per heavy atom. The number of rotatable bonds is 10. The minimum absolute atomic E-state index is 0.0246. The first-order valence-electron chi connectivity index (χ1n) is 16.6. The third kappa shape index (κ3) is 7.57. The minimum Gasteiger partial charge on any atom is -0.350 e. The zero-order valence-electron chi connectivity index (χ0n) is 25.7. The lowest BCUT2D eigenvalue weighted by molar-refractivity contribution is -0.133. The second kappa shape index (κ2) is 14.7. The quantitative estimate of drug-likeness (QED) is 0.204. The summed E-state index contributed by atoms with van der Waals surface area (Å²) in [5.74, 6) is 0.935. The summed E-state index contributed by atoms with van der Waals surface area (Å²) >= 11 is 0. The fourth-order valence-corrected chi connectivity index (χ4v) is 7.15. The van der Waals surface area contributed by atoms with Crippen molar-refractivity contribution < 1.29 is 9.59 Å². The molecule has 0 bridgehead atoms. The van der Waals surface area contributed by atoms with Crippen LogP contribution in [0.25, 0.3) is 10.8 Å². The predicted molar refractivity (Wildman–Crippen MR) is 179 cm³/mol. The van der Waals surface area contributed by atoms with Crippen LogP contribution >= 0.6 is 0 Å². The highest BCUT2D eigenvalue weighted by Gasteiger charge is 2.33. The summed E-state index contributed by atoms with van der Waals surface area (Å²) in [5, 5.41) is 9.08. The molecule has 0 radical (unpaired) electrons. The molecule has 0 aromatic heterocycles. The Hall–Kier alpha value is -3.96. The fraction of sp³-hybridized carbons (Fsp3) is 0.385. The van der Waals surface area contributed by atoms with Crippen molar-refractivity contribution in [2.24, 2.45) is 5.92 Å². The molecule has 0 spiro atoms. The highest BCUT2D eigenvalue weighted by molar-refractivity contribution is 5.98. The SMILES string of the molecule is O=C(NC[C@H]1CCN(CC(c2ccccc2)c2ccccc2)C(=O)[C@@H](CCC2CCCCC2)N1)c1ccc2ccccc2c1. The first-order valence-corrected chi connectivity index (χ1v) is 16.6. The van der Waals surface area contributed by atoms with Crippen LogP contribution in [0.5, 0.6) is 0 Å². The maximum absolute atomic E-state index is 14.2. The number of fused-ring (bicyclic) bond motifs is 1. The van der Waals surface area contributed by atoms with E-state index >= 15 is 0 Å². The van der Waals surface area contributed by atoms with Crippen molar-refractivity contribution in [3.8, 4) is 0 Å². The molecule has 1 aliphatic heterocycles. The Kier molecular flexibility index (Phi) is 10.0. The van der Waals surface area contributed by atoms with Crippen LogP contribution in [0.1, 0.15) is 78.8 Å². The van der Waals surface area contributed by atoms with E-state index in [0.717, 1.165) is 30.0 Å². The second-order valence-electron chi connectivity index (χ2n) is 12.7. The third-order valence-electron chi connectivity index (χ3n) is 9.71. The lowest BCUT2D eigenvalue weighted by Crippen LogP contribution is -2.49. The van der Waals surface area contributed by atoms with Crippen LogP contribution in [0.2, 0.25) is 0 Å². The molecule has 1 aliphatic carbocycles. The van der Waals surface area contributed by atoms with Crippen LogP contribution in [-0.2, 0) is 4.79 Å². The molecule has 44 heavy (non-hydrogen) atoms. The Balaban J connectivity index is 1.18. The summed E-state index contributed by atoms with van der Waals surface area (Å²) in [6.07, 6.45) is 9.22. The molecule has 2 fully saturated rings. The van der Waals surface area contributed by atoms with Crippen molar-refractivity contribution in [2.45, 2.75) is 69.4 Å². The van der Waals surface area contributed by atoms with Gasteiger partial charge in [-0.15, -0.1) is 0 Å². The average Bonchev–Trinajstić information content (AvgIpc) is 3.23. The molecule has 2 atom stereocenters. The van der Waals surface area contributed by atoms with E-state index in [1.54, 1.807) is 0 Å². The van der Waals surface area contributed by atoms with Crippen molar-refractivity contribution >= 4 is 22.6 Å². The van der Waals surface area contributed by atoms with E-state index in [-0.39, 0.29) is 29.8 Å². The van der Waals surface area contributed by atoms with Gasteiger partial charge in [0.15, 0.2) is 0 Å². The van der Waals surface area contributed by atoms with Gasteiger partial charge in [-0.2, -0.15) is 0 Å². The molecule has 6 rings (SSSR count). The van der Waals surface area contributed by atoms with Gasteiger partial charge in [0, 0.05) is 37.2 Å². The summed E-state index contributed by atoms with van der Waals surface area (Å²) in [6.45, 7) is 1.80. The zero-order chi connectivity index (χ0) is 30.1. The number of hydrogen-bond donors (Lipinski definition) is 2. The van der Waals surface area contributed by atoms with E-state index in [0.29, 0.717) is 31.1 Å². The van der Waals surface area contributed by atoms with E-state index in [2.05, 4.69) is 70.1 Å². The molecular weight excluding hydrogens is 542 g/mol. The zero-order valence-corrected chi connectivity index (χ0v) is 25.7. The van der Waals surface area contributed by atoms with Crippen LogP contribution in [0, 0.1) is 5.92 Å². The van der Waals surface area contributed by atoms with Gasteiger partial charge in [-0.3, -0.25) is 9.59 Å². The van der Waals surface area contributed by atoms with E-state index < -0.39 is 0 Å². The van der Waals surface area contributed by atoms with Crippen LogP contribution in [-0.4, -0.2) is 48.4 Å². The molecule has 2 N–H and O–H groups in total. The number of carbonyl (C=O) groups is 2. The largest absolute Gasteiger partial charge is 0.350 e. The minimum atomic E-state index is -0.241. The van der Waals surface area contributed by atoms with Crippen molar-refractivity contribution in [3.05, 3.63) is 120 Å². The highest BCUT2D eigenvalue weighted by atomic mass is 16.2. The van der Waals surface area contributed by atoms with Crippen molar-refractivity contribution in [1.82, 2.24) is 15.5 Å². The summed E-state index contributed by atoms with van der Waals surface area (Å²) in [6, 6.07) is 34.8. The molecule has 5 nitrogen and oxygen atoms in total. The first kappa shape index (κ1) is 30.1. The lowest BCUT2D eigenvalue weighted by Gasteiger charge is -2.30. The number of benzene rings is 4. The molecular formula is C39H45N3O2. The Bertz CT molecular complexity index is 1480. The number of amides is 2. The van der Waals surface area contributed by atoms with Gasteiger partial charge < -0.3 is 15.5 Å². The number of nitrogens with zero attached hydrogens (tertiary/aromatic N) is 1. The maximum atomic E-state index is 14.2. The number of hydrogen-bond acceptors (Lipinski definition) is 3. The topological polar surface area (TPSA) is 61.4 Å². The van der Waals surface area contributed by atoms with Crippen LogP contribution in [0.4, 0.5) is 0 Å². The molecule has 5 heteroatoms. The second-order valence-corrected chi connectivity index (χ2v) is 12.7. The summed E-state index contributed by atoms with van der Waals surface area (Å²) in [7, 11) is 0. The molecule has 2 aliphatic rings. The smallest absolute Gasteiger partial charge is 0.251 e. The van der Waals surface area contributed by atoms with Gasteiger partial charge in [0.2, 0.25) is 5.91 Å². The van der Waals surface area contributed by atoms with Gasteiger partial charge in [-0.25, -0.2) is 0 Å². The van der Waals surface area contributed by atoms with E-state index in [1.165, 1.54) is 43.2 Å². The van der Waals surface area contributed by atoms with Crippen LogP contribution in [0.3, 0.4) is 0 Å². The molecule has 1 heterocycles. The molecule has 4 aromatic rings. The number of carbonyl (C=O) groups excluding carboxylic acids is 2. The average molecular weight is 588 g/mol. The monoisotopic (exact) mass is 587 g/mol.